The average Bonchev–Trinajstić information content (AvgIpc) is 2.66. The molecule has 78 valence electrons. The van der Waals surface area contributed by atoms with Gasteiger partial charge in [-0.3, -0.25) is 5.10 Å². The van der Waals surface area contributed by atoms with Crippen molar-refractivity contribution in [3.63, 3.8) is 0 Å². The molecule has 7 nitrogen and oxygen atoms in total. The van der Waals surface area contributed by atoms with Crippen LogP contribution in [0.1, 0.15) is 5.82 Å². The number of amides is 1. The lowest BCUT2D eigenvalue weighted by atomic mass is 10.5. The van der Waals surface area contributed by atoms with Crippen LogP contribution in [-0.2, 0) is 11.3 Å². The van der Waals surface area contributed by atoms with Gasteiger partial charge < -0.3 is 14.7 Å². The van der Waals surface area contributed by atoms with Crippen molar-refractivity contribution in [3.05, 3.63) is 12.2 Å². The third-order valence-corrected chi connectivity index (χ3v) is 1.48. The summed E-state index contributed by atoms with van der Waals surface area (Å²) in [5, 5.41) is 14.7. The molecule has 0 spiro atoms. The van der Waals surface area contributed by atoms with Gasteiger partial charge in [-0.05, 0) is 0 Å². The van der Waals surface area contributed by atoms with Gasteiger partial charge in [0, 0.05) is 7.05 Å². The highest BCUT2D eigenvalue weighted by atomic mass is 16.6. The number of ether oxygens (including phenoxy) is 1. The zero-order chi connectivity index (χ0) is 10.4. The van der Waals surface area contributed by atoms with Crippen molar-refractivity contribution in [1.29, 1.82) is 0 Å². The van der Waals surface area contributed by atoms with Gasteiger partial charge in [0.2, 0.25) is 0 Å². The first-order chi connectivity index (χ1) is 6.74. The molecule has 0 aliphatic heterocycles. The van der Waals surface area contributed by atoms with Gasteiger partial charge >= 0.3 is 6.09 Å². The molecule has 0 atom stereocenters. The molecule has 2 N–H and O–H groups in total. The minimum absolute atomic E-state index is 0.000419. The SMILES string of the molecule is CN(Cc1ncn[nH]1)C(=O)OCCO. The zero-order valence-corrected chi connectivity index (χ0v) is 7.80. The van der Waals surface area contributed by atoms with Crippen molar-refractivity contribution < 1.29 is 14.6 Å². The Bertz CT molecular complexity index is 274. The van der Waals surface area contributed by atoms with Crippen molar-refractivity contribution in [2.45, 2.75) is 6.54 Å². The van der Waals surface area contributed by atoms with Crippen molar-refractivity contribution in [1.82, 2.24) is 20.1 Å². The molecule has 0 saturated carbocycles. The molecule has 0 radical (unpaired) electrons. The highest BCUT2D eigenvalue weighted by Gasteiger charge is 2.10. The summed E-state index contributed by atoms with van der Waals surface area (Å²) in [4.78, 5) is 16.3. The van der Waals surface area contributed by atoms with Crippen LogP contribution in [0.3, 0.4) is 0 Å². The van der Waals surface area contributed by atoms with Gasteiger partial charge in [0.25, 0.3) is 0 Å². The molecule has 14 heavy (non-hydrogen) atoms. The minimum atomic E-state index is -0.504. The Morgan fingerprint density at radius 2 is 2.57 bits per heavy atom. The smallest absolute Gasteiger partial charge is 0.409 e. The molecule has 1 amide bonds. The molecule has 1 aromatic heterocycles. The lowest BCUT2D eigenvalue weighted by Crippen LogP contribution is -2.28. The number of hydrogen-bond donors (Lipinski definition) is 2. The maximum Gasteiger partial charge on any atom is 0.409 e. The van der Waals surface area contributed by atoms with E-state index in [1.54, 1.807) is 7.05 Å². The Balaban J connectivity index is 2.34. The number of aromatic amines is 1. The minimum Gasteiger partial charge on any atom is -0.447 e. The molecular formula is C7H12N4O3. The molecule has 0 aromatic carbocycles. The summed E-state index contributed by atoms with van der Waals surface area (Å²) in [7, 11) is 1.57. The second kappa shape index (κ2) is 5.18. The van der Waals surface area contributed by atoms with E-state index in [1.807, 2.05) is 0 Å². The summed E-state index contributed by atoms with van der Waals surface area (Å²) in [5.74, 6) is 0.577. The molecule has 0 saturated heterocycles. The van der Waals surface area contributed by atoms with Crippen LogP contribution in [0, 0.1) is 0 Å². The van der Waals surface area contributed by atoms with Gasteiger partial charge in [0.05, 0.1) is 13.2 Å². The molecule has 0 unspecified atom stereocenters. The molecule has 1 heterocycles. The van der Waals surface area contributed by atoms with Gasteiger partial charge in [-0.15, -0.1) is 0 Å². The van der Waals surface area contributed by atoms with Gasteiger partial charge in [-0.2, -0.15) is 5.10 Å². The van der Waals surface area contributed by atoms with Crippen LogP contribution in [0.15, 0.2) is 6.33 Å². The number of aliphatic hydroxyl groups excluding tert-OH is 1. The molecule has 0 aliphatic carbocycles. The summed E-state index contributed by atoms with van der Waals surface area (Å²) in [6.07, 6.45) is 0.859. The number of rotatable bonds is 4. The summed E-state index contributed by atoms with van der Waals surface area (Å²) < 4.78 is 4.68. The first-order valence-electron chi connectivity index (χ1n) is 4.07. The molecule has 1 rings (SSSR count). The normalized spacial score (nSPS) is 9.86. The lowest BCUT2D eigenvalue weighted by molar-refractivity contribution is 0.0888. The summed E-state index contributed by atoms with van der Waals surface area (Å²) in [6, 6.07) is 0. The summed E-state index contributed by atoms with van der Waals surface area (Å²) in [5.41, 5.74) is 0. The van der Waals surface area contributed by atoms with Crippen molar-refractivity contribution in [2.75, 3.05) is 20.3 Å². The largest absolute Gasteiger partial charge is 0.447 e. The van der Waals surface area contributed by atoms with E-state index in [4.69, 9.17) is 5.11 Å². The third kappa shape index (κ3) is 3.02. The quantitative estimate of drug-likeness (QED) is 0.674. The van der Waals surface area contributed by atoms with E-state index in [0.717, 1.165) is 0 Å². The zero-order valence-electron chi connectivity index (χ0n) is 7.80. The molecule has 7 heteroatoms. The lowest BCUT2D eigenvalue weighted by Gasteiger charge is -2.14. The van der Waals surface area contributed by atoms with E-state index in [-0.39, 0.29) is 13.2 Å². The Labute approximate surface area is 80.7 Å². The maximum absolute atomic E-state index is 11.2. The standard InChI is InChI=1S/C7H12N4O3/c1-11(7(13)14-3-2-12)4-6-8-5-9-10-6/h5,12H,2-4H2,1H3,(H,8,9,10). The van der Waals surface area contributed by atoms with E-state index in [1.165, 1.54) is 11.2 Å². The Morgan fingerprint density at radius 3 is 3.14 bits per heavy atom. The van der Waals surface area contributed by atoms with Crippen molar-refractivity contribution in [3.8, 4) is 0 Å². The highest BCUT2D eigenvalue weighted by Crippen LogP contribution is 1.96. The first kappa shape index (κ1) is 10.5. The second-order valence-electron chi connectivity index (χ2n) is 2.63. The van der Waals surface area contributed by atoms with E-state index < -0.39 is 6.09 Å². The maximum atomic E-state index is 11.2. The van der Waals surface area contributed by atoms with Crippen LogP contribution in [0.25, 0.3) is 0 Å². The van der Waals surface area contributed by atoms with E-state index in [2.05, 4.69) is 19.9 Å². The van der Waals surface area contributed by atoms with Crippen molar-refractivity contribution >= 4 is 6.09 Å². The Kier molecular flexibility index (Phi) is 3.86. The molecule has 1 aromatic rings. The van der Waals surface area contributed by atoms with Gasteiger partial charge in [0.1, 0.15) is 18.8 Å². The Morgan fingerprint density at radius 1 is 1.79 bits per heavy atom. The first-order valence-corrected chi connectivity index (χ1v) is 4.07. The molecule has 0 aliphatic rings. The summed E-state index contributed by atoms with van der Waals surface area (Å²) >= 11 is 0. The molecule has 0 fully saturated rings. The van der Waals surface area contributed by atoms with Crippen LogP contribution >= 0.6 is 0 Å². The number of H-pyrrole nitrogens is 1. The second-order valence-corrected chi connectivity index (χ2v) is 2.63. The highest BCUT2D eigenvalue weighted by molar-refractivity contribution is 5.67. The Hall–Kier alpha value is -1.63. The summed E-state index contributed by atoms with van der Waals surface area (Å²) in [6.45, 7) is 0.117. The number of carbonyl (C=O) groups excluding carboxylic acids is 1. The van der Waals surface area contributed by atoms with Crippen LogP contribution in [0.4, 0.5) is 4.79 Å². The molecular weight excluding hydrogens is 188 g/mol. The number of aromatic nitrogens is 3. The monoisotopic (exact) mass is 200 g/mol. The van der Waals surface area contributed by atoms with Gasteiger partial charge in [0.15, 0.2) is 0 Å². The van der Waals surface area contributed by atoms with Gasteiger partial charge in [-0.25, -0.2) is 9.78 Å². The van der Waals surface area contributed by atoms with E-state index in [9.17, 15) is 4.79 Å². The van der Waals surface area contributed by atoms with Crippen LogP contribution < -0.4 is 0 Å². The van der Waals surface area contributed by atoms with Gasteiger partial charge in [-0.1, -0.05) is 0 Å². The van der Waals surface area contributed by atoms with E-state index in [0.29, 0.717) is 12.4 Å². The number of aliphatic hydroxyl groups is 1. The predicted molar refractivity (Wildman–Crippen MR) is 46.3 cm³/mol. The van der Waals surface area contributed by atoms with Crippen LogP contribution in [0.2, 0.25) is 0 Å². The predicted octanol–water partition coefficient (Wildman–Crippen LogP) is -0.635. The number of hydrogen-bond acceptors (Lipinski definition) is 5. The number of carbonyl (C=O) groups is 1. The van der Waals surface area contributed by atoms with Crippen LogP contribution in [0.5, 0.6) is 0 Å². The number of nitrogens with zero attached hydrogens (tertiary/aromatic N) is 3. The number of nitrogens with one attached hydrogen (secondary N) is 1. The topological polar surface area (TPSA) is 91.3 Å². The average molecular weight is 200 g/mol. The molecule has 0 bridgehead atoms. The fourth-order valence-corrected chi connectivity index (χ4v) is 0.839. The fourth-order valence-electron chi connectivity index (χ4n) is 0.839. The van der Waals surface area contributed by atoms with Crippen molar-refractivity contribution in [2.24, 2.45) is 0 Å². The van der Waals surface area contributed by atoms with E-state index >= 15 is 0 Å². The van der Waals surface area contributed by atoms with Crippen LogP contribution in [-0.4, -0.2) is 51.5 Å². The third-order valence-electron chi connectivity index (χ3n) is 1.48. The fraction of sp³-hybridized carbons (Fsp3) is 0.571.